The van der Waals surface area contributed by atoms with E-state index < -0.39 is 0 Å². The van der Waals surface area contributed by atoms with E-state index in [1.165, 1.54) is 0 Å². The SMILES string of the molecule is CC1(C)CNCC1CN. The van der Waals surface area contributed by atoms with Gasteiger partial charge >= 0.3 is 0 Å². The molecular weight excluding hydrogens is 112 g/mol. The summed E-state index contributed by atoms with van der Waals surface area (Å²) < 4.78 is 0. The minimum Gasteiger partial charge on any atom is -0.330 e. The van der Waals surface area contributed by atoms with Crippen LogP contribution in [0.5, 0.6) is 0 Å². The Bertz CT molecular complexity index is 99.1. The average Bonchev–Trinajstić information content (AvgIpc) is 2.08. The van der Waals surface area contributed by atoms with Crippen LogP contribution in [0.25, 0.3) is 0 Å². The Kier molecular flexibility index (Phi) is 1.78. The minimum atomic E-state index is 0.425. The van der Waals surface area contributed by atoms with Crippen LogP contribution in [-0.4, -0.2) is 19.6 Å². The van der Waals surface area contributed by atoms with Crippen LogP contribution < -0.4 is 11.1 Å². The summed E-state index contributed by atoms with van der Waals surface area (Å²) in [6, 6.07) is 0. The maximum atomic E-state index is 5.57. The number of hydrogen-bond acceptors (Lipinski definition) is 2. The molecule has 0 radical (unpaired) electrons. The van der Waals surface area contributed by atoms with Gasteiger partial charge in [-0.3, -0.25) is 0 Å². The van der Waals surface area contributed by atoms with E-state index in [-0.39, 0.29) is 0 Å². The molecule has 1 rings (SSSR count). The number of rotatable bonds is 1. The van der Waals surface area contributed by atoms with Gasteiger partial charge in [-0.25, -0.2) is 0 Å². The van der Waals surface area contributed by atoms with Gasteiger partial charge in [0, 0.05) is 6.54 Å². The molecule has 1 atom stereocenters. The Balaban J connectivity index is 2.52. The van der Waals surface area contributed by atoms with Crippen molar-refractivity contribution >= 4 is 0 Å². The van der Waals surface area contributed by atoms with E-state index in [9.17, 15) is 0 Å². The molecule has 2 heteroatoms. The van der Waals surface area contributed by atoms with Gasteiger partial charge in [0.05, 0.1) is 0 Å². The molecule has 0 amide bonds. The summed E-state index contributed by atoms with van der Waals surface area (Å²) >= 11 is 0. The largest absolute Gasteiger partial charge is 0.330 e. The predicted octanol–water partition coefficient (Wildman–Crippen LogP) is 0.191. The zero-order valence-corrected chi connectivity index (χ0v) is 6.28. The van der Waals surface area contributed by atoms with Crippen LogP contribution in [0, 0.1) is 11.3 Å². The maximum Gasteiger partial charge on any atom is 0.000626 e. The molecule has 1 saturated heterocycles. The van der Waals surface area contributed by atoms with Crippen LogP contribution in [0.2, 0.25) is 0 Å². The van der Waals surface area contributed by atoms with E-state index in [4.69, 9.17) is 5.73 Å². The van der Waals surface area contributed by atoms with Crippen molar-refractivity contribution in [1.29, 1.82) is 0 Å². The van der Waals surface area contributed by atoms with Crippen LogP contribution in [0.4, 0.5) is 0 Å². The van der Waals surface area contributed by atoms with Crippen molar-refractivity contribution in [2.24, 2.45) is 17.1 Å². The quantitative estimate of drug-likeness (QED) is 0.529. The number of hydrogen-bond donors (Lipinski definition) is 2. The highest BCUT2D eigenvalue weighted by molar-refractivity contribution is 4.88. The smallest absolute Gasteiger partial charge is 0.000626 e. The first kappa shape index (κ1) is 7.03. The summed E-state index contributed by atoms with van der Waals surface area (Å²) in [6.45, 7) is 7.58. The molecule has 0 bridgehead atoms. The predicted molar refractivity (Wildman–Crippen MR) is 39.2 cm³/mol. The first-order valence-corrected chi connectivity index (χ1v) is 3.57. The summed E-state index contributed by atoms with van der Waals surface area (Å²) in [5.74, 6) is 0.678. The molecule has 1 fully saturated rings. The third-order valence-electron chi connectivity index (χ3n) is 2.36. The fraction of sp³-hybridized carbons (Fsp3) is 1.00. The van der Waals surface area contributed by atoms with Crippen LogP contribution in [0.3, 0.4) is 0 Å². The van der Waals surface area contributed by atoms with Crippen molar-refractivity contribution in [2.75, 3.05) is 19.6 Å². The molecule has 0 aliphatic carbocycles. The van der Waals surface area contributed by atoms with Crippen LogP contribution in [-0.2, 0) is 0 Å². The molecule has 2 nitrogen and oxygen atoms in total. The lowest BCUT2D eigenvalue weighted by atomic mass is 9.82. The lowest BCUT2D eigenvalue weighted by Gasteiger charge is -2.23. The summed E-state index contributed by atoms with van der Waals surface area (Å²) in [5, 5.41) is 3.33. The molecule has 1 aliphatic heterocycles. The van der Waals surface area contributed by atoms with Gasteiger partial charge < -0.3 is 11.1 Å². The van der Waals surface area contributed by atoms with Crippen molar-refractivity contribution in [3.05, 3.63) is 0 Å². The minimum absolute atomic E-state index is 0.425. The van der Waals surface area contributed by atoms with Gasteiger partial charge in [-0.05, 0) is 24.4 Å². The van der Waals surface area contributed by atoms with E-state index in [1.807, 2.05) is 0 Å². The molecule has 0 aromatic rings. The van der Waals surface area contributed by atoms with Gasteiger partial charge in [-0.2, -0.15) is 0 Å². The lowest BCUT2D eigenvalue weighted by molar-refractivity contribution is 0.296. The molecule has 3 N–H and O–H groups in total. The Hall–Kier alpha value is -0.0800. The first-order valence-electron chi connectivity index (χ1n) is 3.57. The van der Waals surface area contributed by atoms with Gasteiger partial charge in [0.25, 0.3) is 0 Å². The number of nitrogens with one attached hydrogen (secondary N) is 1. The monoisotopic (exact) mass is 128 g/mol. The maximum absolute atomic E-state index is 5.57. The van der Waals surface area contributed by atoms with Crippen molar-refractivity contribution < 1.29 is 0 Å². The van der Waals surface area contributed by atoms with E-state index >= 15 is 0 Å². The first-order chi connectivity index (χ1) is 4.17. The van der Waals surface area contributed by atoms with Gasteiger partial charge in [0.2, 0.25) is 0 Å². The Morgan fingerprint density at radius 2 is 2.33 bits per heavy atom. The zero-order valence-electron chi connectivity index (χ0n) is 6.28. The third-order valence-corrected chi connectivity index (χ3v) is 2.36. The van der Waals surface area contributed by atoms with Crippen LogP contribution in [0.15, 0.2) is 0 Å². The third kappa shape index (κ3) is 1.25. The molecule has 1 aliphatic rings. The molecule has 0 spiro atoms. The number of nitrogens with two attached hydrogens (primary N) is 1. The van der Waals surface area contributed by atoms with Gasteiger partial charge in [-0.15, -0.1) is 0 Å². The van der Waals surface area contributed by atoms with Crippen LogP contribution in [0.1, 0.15) is 13.8 Å². The molecule has 54 valence electrons. The van der Waals surface area contributed by atoms with E-state index in [2.05, 4.69) is 19.2 Å². The summed E-state index contributed by atoms with van der Waals surface area (Å²) in [4.78, 5) is 0. The van der Waals surface area contributed by atoms with E-state index in [0.29, 0.717) is 11.3 Å². The normalized spacial score (nSPS) is 33.0. The van der Waals surface area contributed by atoms with Gasteiger partial charge in [0.15, 0.2) is 0 Å². The van der Waals surface area contributed by atoms with E-state index in [0.717, 1.165) is 19.6 Å². The second kappa shape index (κ2) is 2.27. The van der Waals surface area contributed by atoms with Crippen molar-refractivity contribution in [3.8, 4) is 0 Å². The Morgan fingerprint density at radius 1 is 1.67 bits per heavy atom. The zero-order chi connectivity index (χ0) is 6.91. The Morgan fingerprint density at radius 3 is 2.56 bits per heavy atom. The lowest BCUT2D eigenvalue weighted by Crippen LogP contribution is -2.28. The fourth-order valence-electron chi connectivity index (χ4n) is 1.39. The highest BCUT2D eigenvalue weighted by atomic mass is 14.9. The summed E-state index contributed by atoms with van der Waals surface area (Å²) in [5.41, 5.74) is 5.99. The van der Waals surface area contributed by atoms with Crippen molar-refractivity contribution in [3.63, 3.8) is 0 Å². The van der Waals surface area contributed by atoms with Gasteiger partial charge in [0.1, 0.15) is 0 Å². The standard InChI is InChI=1S/C7H16N2/c1-7(2)5-9-4-6(7)3-8/h6,9H,3-5,8H2,1-2H3. The van der Waals surface area contributed by atoms with Crippen molar-refractivity contribution in [2.45, 2.75) is 13.8 Å². The molecule has 0 aromatic carbocycles. The molecular formula is C7H16N2. The summed E-state index contributed by atoms with van der Waals surface area (Å²) in [7, 11) is 0. The fourth-order valence-corrected chi connectivity index (χ4v) is 1.39. The average molecular weight is 128 g/mol. The molecule has 0 saturated carbocycles. The topological polar surface area (TPSA) is 38.0 Å². The molecule has 1 heterocycles. The Labute approximate surface area is 56.8 Å². The van der Waals surface area contributed by atoms with Crippen LogP contribution >= 0.6 is 0 Å². The molecule has 0 aromatic heterocycles. The van der Waals surface area contributed by atoms with E-state index in [1.54, 1.807) is 0 Å². The van der Waals surface area contributed by atoms with Gasteiger partial charge in [-0.1, -0.05) is 13.8 Å². The summed E-state index contributed by atoms with van der Waals surface area (Å²) in [6.07, 6.45) is 0. The molecule has 1 unspecified atom stereocenters. The second-order valence-electron chi connectivity index (χ2n) is 3.55. The highest BCUT2D eigenvalue weighted by Crippen LogP contribution is 2.28. The molecule has 9 heavy (non-hydrogen) atoms. The second-order valence-corrected chi connectivity index (χ2v) is 3.55. The van der Waals surface area contributed by atoms with Crippen molar-refractivity contribution in [1.82, 2.24) is 5.32 Å². The highest BCUT2D eigenvalue weighted by Gasteiger charge is 2.32.